The fourth-order valence-corrected chi connectivity index (χ4v) is 1.79. The molecule has 1 fully saturated rings. The fraction of sp³-hybridized carbons (Fsp3) is 0.538. The van der Waals surface area contributed by atoms with Gasteiger partial charge < -0.3 is 10.5 Å². The zero-order chi connectivity index (χ0) is 10.5. The lowest BCUT2D eigenvalue weighted by molar-refractivity contribution is 0.298. The monoisotopic (exact) mass is 205 g/mol. The molecule has 0 heterocycles. The van der Waals surface area contributed by atoms with Gasteiger partial charge in [0.2, 0.25) is 0 Å². The van der Waals surface area contributed by atoms with Crippen molar-refractivity contribution in [3.63, 3.8) is 0 Å². The van der Waals surface area contributed by atoms with E-state index in [1.54, 1.807) is 0 Å². The molecule has 1 aliphatic carbocycles. The van der Waals surface area contributed by atoms with E-state index in [-0.39, 0.29) is 0 Å². The quantitative estimate of drug-likeness (QED) is 0.724. The largest absolute Gasteiger partial charge is 0.494 e. The van der Waals surface area contributed by atoms with Crippen molar-refractivity contribution < 1.29 is 4.74 Å². The minimum absolute atomic E-state index is 0.407. The Kier molecular flexibility index (Phi) is 3.62. The first kappa shape index (κ1) is 10.5. The van der Waals surface area contributed by atoms with Crippen LogP contribution in [0.4, 0.5) is 0 Å². The molecule has 1 unspecified atom stereocenters. The van der Waals surface area contributed by atoms with Gasteiger partial charge in [-0.15, -0.1) is 0 Å². The molecule has 2 rings (SSSR count). The molecule has 0 amide bonds. The highest BCUT2D eigenvalue weighted by molar-refractivity contribution is 5.20. The van der Waals surface area contributed by atoms with Crippen molar-refractivity contribution in [1.82, 2.24) is 0 Å². The molecule has 2 heteroatoms. The molecule has 82 valence electrons. The molecule has 0 bridgehead atoms. The van der Waals surface area contributed by atoms with Crippen LogP contribution >= 0.6 is 0 Å². The van der Waals surface area contributed by atoms with Gasteiger partial charge in [-0.25, -0.2) is 0 Å². The molecule has 2 N–H and O–H groups in total. The van der Waals surface area contributed by atoms with Crippen molar-refractivity contribution in [2.45, 2.75) is 31.7 Å². The molecule has 1 aliphatic rings. The maximum Gasteiger partial charge on any atom is 0.119 e. The van der Waals surface area contributed by atoms with Crippen LogP contribution in [0.2, 0.25) is 0 Å². The minimum atomic E-state index is 0.407. The van der Waals surface area contributed by atoms with E-state index in [0.717, 1.165) is 31.1 Å². The standard InChI is InChI=1S/C13H19NO/c14-13(11-8-9-11)7-4-10-15-12-5-2-1-3-6-12/h1-3,5-6,11,13H,4,7-10,14H2. The van der Waals surface area contributed by atoms with E-state index >= 15 is 0 Å². The van der Waals surface area contributed by atoms with Gasteiger partial charge in [0.05, 0.1) is 6.61 Å². The lowest BCUT2D eigenvalue weighted by Crippen LogP contribution is -2.22. The van der Waals surface area contributed by atoms with Gasteiger partial charge in [0, 0.05) is 6.04 Å². The lowest BCUT2D eigenvalue weighted by Gasteiger charge is -2.10. The summed E-state index contributed by atoms with van der Waals surface area (Å²) < 4.78 is 5.60. The molecule has 0 radical (unpaired) electrons. The van der Waals surface area contributed by atoms with Crippen LogP contribution in [-0.4, -0.2) is 12.6 Å². The van der Waals surface area contributed by atoms with Crippen molar-refractivity contribution in [2.75, 3.05) is 6.61 Å². The van der Waals surface area contributed by atoms with E-state index in [1.807, 2.05) is 30.3 Å². The number of para-hydroxylation sites is 1. The third-order valence-electron chi connectivity index (χ3n) is 2.92. The Labute approximate surface area is 91.4 Å². The van der Waals surface area contributed by atoms with Gasteiger partial charge in [-0.05, 0) is 43.7 Å². The number of ether oxygens (including phenoxy) is 1. The molecule has 1 aromatic rings. The number of nitrogens with two attached hydrogens (primary N) is 1. The average Bonchev–Trinajstić information content (AvgIpc) is 3.09. The summed E-state index contributed by atoms with van der Waals surface area (Å²) in [7, 11) is 0. The van der Waals surface area contributed by atoms with Crippen molar-refractivity contribution in [1.29, 1.82) is 0 Å². The second-order valence-electron chi connectivity index (χ2n) is 4.31. The van der Waals surface area contributed by atoms with E-state index < -0.39 is 0 Å². The zero-order valence-electron chi connectivity index (χ0n) is 9.06. The second-order valence-corrected chi connectivity index (χ2v) is 4.31. The van der Waals surface area contributed by atoms with Crippen LogP contribution in [0.15, 0.2) is 30.3 Å². The summed E-state index contributed by atoms with van der Waals surface area (Å²) in [6.07, 6.45) is 4.82. The molecule has 1 aromatic carbocycles. The van der Waals surface area contributed by atoms with Crippen LogP contribution in [-0.2, 0) is 0 Å². The number of hydrogen-bond donors (Lipinski definition) is 1. The highest BCUT2D eigenvalue weighted by Crippen LogP contribution is 2.33. The van der Waals surface area contributed by atoms with Gasteiger partial charge in [-0.2, -0.15) is 0 Å². The van der Waals surface area contributed by atoms with Gasteiger partial charge in [-0.1, -0.05) is 18.2 Å². The second kappa shape index (κ2) is 5.17. The summed E-state index contributed by atoms with van der Waals surface area (Å²) in [5, 5.41) is 0. The van der Waals surface area contributed by atoms with E-state index in [0.29, 0.717) is 6.04 Å². The fourth-order valence-electron chi connectivity index (χ4n) is 1.79. The number of benzene rings is 1. The number of rotatable bonds is 6. The van der Waals surface area contributed by atoms with E-state index in [2.05, 4.69) is 0 Å². The summed E-state index contributed by atoms with van der Waals surface area (Å²) >= 11 is 0. The Balaban J connectivity index is 1.58. The summed E-state index contributed by atoms with van der Waals surface area (Å²) in [6.45, 7) is 0.782. The van der Waals surface area contributed by atoms with Crippen LogP contribution in [0.3, 0.4) is 0 Å². The van der Waals surface area contributed by atoms with Gasteiger partial charge >= 0.3 is 0 Å². The zero-order valence-corrected chi connectivity index (χ0v) is 9.06. The van der Waals surface area contributed by atoms with Gasteiger partial charge in [-0.3, -0.25) is 0 Å². The molecular weight excluding hydrogens is 186 g/mol. The Morgan fingerprint density at radius 2 is 2.00 bits per heavy atom. The van der Waals surface area contributed by atoms with Gasteiger partial charge in [0.1, 0.15) is 5.75 Å². The van der Waals surface area contributed by atoms with Crippen molar-refractivity contribution in [3.05, 3.63) is 30.3 Å². The van der Waals surface area contributed by atoms with E-state index in [1.165, 1.54) is 12.8 Å². The maximum atomic E-state index is 6.00. The Bertz CT molecular complexity index is 282. The highest BCUT2D eigenvalue weighted by Gasteiger charge is 2.27. The third-order valence-corrected chi connectivity index (χ3v) is 2.92. The topological polar surface area (TPSA) is 35.2 Å². The molecule has 1 atom stereocenters. The predicted molar refractivity (Wildman–Crippen MR) is 61.9 cm³/mol. The van der Waals surface area contributed by atoms with Gasteiger partial charge in [0.15, 0.2) is 0 Å². The predicted octanol–water partition coefficient (Wildman–Crippen LogP) is 2.58. The van der Waals surface area contributed by atoms with Crippen LogP contribution in [0.5, 0.6) is 5.75 Å². The minimum Gasteiger partial charge on any atom is -0.494 e. The number of hydrogen-bond acceptors (Lipinski definition) is 2. The molecule has 0 aliphatic heterocycles. The smallest absolute Gasteiger partial charge is 0.119 e. The van der Waals surface area contributed by atoms with Gasteiger partial charge in [0.25, 0.3) is 0 Å². The Hall–Kier alpha value is -1.02. The highest BCUT2D eigenvalue weighted by atomic mass is 16.5. The van der Waals surface area contributed by atoms with Crippen LogP contribution in [0.25, 0.3) is 0 Å². The molecule has 15 heavy (non-hydrogen) atoms. The summed E-state index contributed by atoms with van der Waals surface area (Å²) in [5.74, 6) is 1.76. The molecule has 1 saturated carbocycles. The van der Waals surface area contributed by atoms with Crippen LogP contribution in [0.1, 0.15) is 25.7 Å². The van der Waals surface area contributed by atoms with Crippen LogP contribution < -0.4 is 10.5 Å². The maximum absolute atomic E-state index is 6.00. The first-order valence-corrected chi connectivity index (χ1v) is 5.79. The normalized spacial score (nSPS) is 17.4. The Morgan fingerprint density at radius 1 is 1.27 bits per heavy atom. The van der Waals surface area contributed by atoms with E-state index in [4.69, 9.17) is 10.5 Å². The summed E-state index contributed by atoms with van der Waals surface area (Å²) in [5.41, 5.74) is 6.00. The summed E-state index contributed by atoms with van der Waals surface area (Å²) in [6, 6.07) is 10.4. The van der Waals surface area contributed by atoms with Crippen LogP contribution in [0, 0.1) is 5.92 Å². The Morgan fingerprint density at radius 3 is 2.67 bits per heavy atom. The van der Waals surface area contributed by atoms with Crippen molar-refractivity contribution >= 4 is 0 Å². The lowest BCUT2D eigenvalue weighted by atomic mass is 10.1. The first-order chi connectivity index (χ1) is 7.36. The summed E-state index contributed by atoms with van der Waals surface area (Å²) in [4.78, 5) is 0. The van der Waals surface area contributed by atoms with E-state index in [9.17, 15) is 0 Å². The SMILES string of the molecule is NC(CCCOc1ccccc1)C1CC1. The molecule has 0 aromatic heterocycles. The molecular formula is C13H19NO. The molecule has 0 saturated heterocycles. The first-order valence-electron chi connectivity index (χ1n) is 5.79. The molecule has 0 spiro atoms. The molecule has 2 nitrogen and oxygen atoms in total. The van der Waals surface area contributed by atoms with Crippen molar-refractivity contribution in [2.24, 2.45) is 11.7 Å². The van der Waals surface area contributed by atoms with Crippen molar-refractivity contribution in [3.8, 4) is 5.75 Å². The average molecular weight is 205 g/mol. The third kappa shape index (κ3) is 3.56.